The van der Waals surface area contributed by atoms with Crippen molar-refractivity contribution in [1.29, 1.82) is 0 Å². The molecule has 2 N–H and O–H groups in total. The van der Waals surface area contributed by atoms with Gasteiger partial charge in [0.05, 0.1) is 11.4 Å². The zero-order valence-electron chi connectivity index (χ0n) is 13.7. The highest BCUT2D eigenvalue weighted by molar-refractivity contribution is 7.89. The van der Waals surface area contributed by atoms with Gasteiger partial charge in [-0.2, -0.15) is 0 Å². The van der Waals surface area contributed by atoms with Gasteiger partial charge in [-0.25, -0.2) is 17.5 Å². The van der Waals surface area contributed by atoms with E-state index in [2.05, 4.69) is 11.3 Å². The SMILES string of the molecule is C=CCCS(=O)(=O)NC(C)c1ccc(F)c(OCC(C)(C)O)c1. The lowest BCUT2D eigenvalue weighted by atomic mass is 10.1. The third-order valence-corrected chi connectivity index (χ3v) is 4.47. The van der Waals surface area contributed by atoms with Gasteiger partial charge in [-0.1, -0.05) is 12.1 Å². The van der Waals surface area contributed by atoms with Crippen LogP contribution >= 0.6 is 0 Å². The number of nitrogens with one attached hydrogen (secondary N) is 1. The van der Waals surface area contributed by atoms with Crippen LogP contribution in [-0.2, 0) is 10.0 Å². The van der Waals surface area contributed by atoms with Crippen LogP contribution in [0.4, 0.5) is 4.39 Å². The van der Waals surface area contributed by atoms with E-state index in [9.17, 15) is 17.9 Å². The van der Waals surface area contributed by atoms with E-state index in [-0.39, 0.29) is 18.1 Å². The fraction of sp³-hybridized carbons (Fsp3) is 0.500. The largest absolute Gasteiger partial charge is 0.488 e. The number of rotatable bonds is 9. The molecule has 0 saturated heterocycles. The molecule has 0 aromatic heterocycles. The third-order valence-electron chi connectivity index (χ3n) is 2.98. The highest BCUT2D eigenvalue weighted by Gasteiger charge is 2.18. The summed E-state index contributed by atoms with van der Waals surface area (Å²) in [5, 5.41) is 9.64. The molecular formula is C16H24FNO4S. The molecule has 0 bridgehead atoms. The molecule has 5 nitrogen and oxygen atoms in total. The number of aliphatic hydroxyl groups is 1. The van der Waals surface area contributed by atoms with Gasteiger partial charge in [-0.3, -0.25) is 0 Å². The minimum Gasteiger partial charge on any atom is -0.488 e. The van der Waals surface area contributed by atoms with Crippen LogP contribution in [0.15, 0.2) is 30.9 Å². The monoisotopic (exact) mass is 345 g/mol. The first-order chi connectivity index (χ1) is 10.5. The Balaban J connectivity index is 2.85. The molecule has 0 aliphatic carbocycles. The molecule has 0 radical (unpaired) electrons. The Hall–Kier alpha value is -1.44. The second-order valence-corrected chi connectivity index (χ2v) is 7.90. The molecule has 0 fully saturated rings. The van der Waals surface area contributed by atoms with E-state index in [1.54, 1.807) is 20.8 Å². The molecule has 0 heterocycles. The Labute approximate surface area is 137 Å². The van der Waals surface area contributed by atoms with Crippen molar-refractivity contribution in [2.24, 2.45) is 0 Å². The Morgan fingerprint density at radius 1 is 1.48 bits per heavy atom. The topological polar surface area (TPSA) is 75.6 Å². The van der Waals surface area contributed by atoms with E-state index in [4.69, 9.17) is 4.74 Å². The van der Waals surface area contributed by atoms with Crippen LogP contribution in [0, 0.1) is 5.82 Å². The number of halogens is 1. The lowest BCUT2D eigenvalue weighted by Gasteiger charge is -2.19. The zero-order valence-corrected chi connectivity index (χ0v) is 14.5. The second-order valence-electron chi connectivity index (χ2n) is 6.03. The molecule has 7 heteroatoms. The van der Waals surface area contributed by atoms with Gasteiger partial charge in [0.15, 0.2) is 11.6 Å². The van der Waals surface area contributed by atoms with Crippen molar-refractivity contribution < 1.29 is 22.7 Å². The average molecular weight is 345 g/mol. The Bertz CT molecular complexity index is 638. The average Bonchev–Trinajstić information content (AvgIpc) is 2.42. The molecule has 130 valence electrons. The minimum absolute atomic E-state index is 0.0261. The predicted octanol–water partition coefficient (Wildman–Crippen LogP) is 2.53. The lowest BCUT2D eigenvalue weighted by Crippen LogP contribution is -2.29. The molecule has 0 aliphatic heterocycles. The van der Waals surface area contributed by atoms with Crippen LogP contribution in [0.25, 0.3) is 0 Å². The van der Waals surface area contributed by atoms with Crippen molar-refractivity contribution >= 4 is 10.0 Å². The van der Waals surface area contributed by atoms with E-state index in [1.165, 1.54) is 24.3 Å². The smallest absolute Gasteiger partial charge is 0.212 e. The van der Waals surface area contributed by atoms with Crippen LogP contribution in [0.1, 0.15) is 38.8 Å². The molecule has 0 saturated carbocycles. The fourth-order valence-corrected chi connectivity index (χ4v) is 3.06. The molecular weight excluding hydrogens is 321 g/mol. The first-order valence-corrected chi connectivity index (χ1v) is 8.95. The zero-order chi connectivity index (χ0) is 17.7. The normalized spacial score (nSPS) is 13.6. The Morgan fingerprint density at radius 3 is 2.70 bits per heavy atom. The summed E-state index contributed by atoms with van der Waals surface area (Å²) in [7, 11) is -3.45. The van der Waals surface area contributed by atoms with Crippen molar-refractivity contribution in [3.8, 4) is 5.75 Å². The van der Waals surface area contributed by atoms with Gasteiger partial charge in [0.25, 0.3) is 0 Å². The van der Waals surface area contributed by atoms with Gasteiger partial charge in [-0.05, 0) is 44.9 Å². The van der Waals surface area contributed by atoms with Crippen LogP contribution < -0.4 is 9.46 Å². The van der Waals surface area contributed by atoms with Gasteiger partial charge in [0, 0.05) is 6.04 Å². The number of ether oxygens (including phenoxy) is 1. The first kappa shape index (κ1) is 19.6. The number of allylic oxidation sites excluding steroid dienone is 1. The van der Waals surface area contributed by atoms with Crippen molar-refractivity contribution in [3.05, 3.63) is 42.2 Å². The summed E-state index contributed by atoms with van der Waals surface area (Å²) in [6.45, 7) is 8.17. The summed E-state index contributed by atoms with van der Waals surface area (Å²) < 4.78 is 45.3. The summed E-state index contributed by atoms with van der Waals surface area (Å²) in [5.74, 6) is -0.647. The first-order valence-electron chi connectivity index (χ1n) is 7.29. The summed E-state index contributed by atoms with van der Waals surface area (Å²) >= 11 is 0. The summed E-state index contributed by atoms with van der Waals surface area (Å²) in [4.78, 5) is 0. The lowest BCUT2D eigenvalue weighted by molar-refractivity contribution is 0.0271. The number of benzene rings is 1. The van der Waals surface area contributed by atoms with Crippen LogP contribution in [0.2, 0.25) is 0 Å². The van der Waals surface area contributed by atoms with Crippen LogP contribution in [0.5, 0.6) is 5.75 Å². The molecule has 1 aromatic rings. The molecule has 1 atom stereocenters. The van der Waals surface area contributed by atoms with Crippen molar-refractivity contribution in [1.82, 2.24) is 4.72 Å². The number of hydrogen-bond acceptors (Lipinski definition) is 4. The van der Waals surface area contributed by atoms with Gasteiger partial charge in [0.1, 0.15) is 6.61 Å². The Kier molecular flexibility index (Phi) is 6.73. The van der Waals surface area contributed by atoms with Crippen LogP contribution in [-0.4, -0.2) is 31.5 Å². The molecule has 1 aromatic carbocycles. The van der Waals surface area contributed by atoms with Crippen LogP contribution in [0.3, 0.4) is 0 Å². The summed E-state index contributed by atoms with van der Waals surface area (Å²) in [6.07, 6.45) is 1.88. The quantitative estimate of drug-likeness (QED) is 0.675. The van der Waals surface area contributed by atoms with Gasteiger partial charge in [0.2, 0.25) is 10.0 Å². The number of sulfonamides is 1. The molecule has 1 rings (SSSR count). The van der Waals surface area contributed by atoms with E-state index < -0.39 is 27.5 Å². The highest BCUT2D eigenvalue weighted by atomic mass is 32.2. The Morgan fingerprint density at radius 2 is 2.13 bits per heavy atom. The van der Waals surface area contributed by atoms with E-state index in [0.717, 1.165) is 0 Å². The standard InChI is InChI=1S/C16H24FNO4S/c1-5-6-9-23(20,21)18-12(2)13-7-8-14(17)15(10-13)22-11-16(3,4)19/h5,7-8,10,12,18-19H,1,6,9,11H2,2-4H3. The van der Waals surface area contributed by atoms with Gasteiger partial charge < -0.3 is 9.84 Å². The van der Waals surface area contributed by atoms with Gasteiger partial charge in [-0.15, -0.1) is 6.58 Å². The van der Waals surface area contributed by atoms with E-state index in [0.29, 0.717) is 12.0 Å². The third kappa shape index (κ3) is 7.11. The maximum absolute atomic E-state index is 13.8. The van der Waals surface area contributed by atoms with Crippen molar-refractivity contribution in [2.75, 3.05) is 12.4 Å². The fourth-order valence-electron chi connectivity index (χ4n) is 1.79. The van der Waals surface area contributed by atoms with Gasteiger partial charge >= 0.3 is 0 Å². The van der Waals surface area contributed by atoms with Crippen molar-refractivity contribution in [3.63, 3.8) is 0 Å². The van der Waals surface area contributed by atoms with E-state index in [1.807, 2.05) is 0 Å². The molecule has 0 aliphatic rings. The molecule has 0 amide bonds. The molecule has 23 heavy (non-hydrogen) atoms. The maximum atomic E-state index is 13.8. The predicted molar refractivity (Wildman–Crippen MR) is 88.3 cm³/mol. The maximum Gasteiger partial charge on any atom is 0.212 e. The molecule has 1 unspecified atom stereocenters. The number of hydrogen-bond donors (Lipinski definition) is 2. The summed E-state index contributed by atoms with van der Waals surface area (Å²) in [5.41, 5.74) is -0.528. The minimum atomic E-state index is -3.45. The second kappa shape index (κ2) is 7.90. The summed E-state index contributed by atoms with van der Waals surface area (Å²) in [6, 6.07) is 3.60. The highest BCUT2D eigenvalue weighted by Crippen LogP contribution is 2.24. The van der Waals surface area contributed by atoms with Crippen molar-refractivity contribution in [2.45, 2.75) is 38.8 Å². The van der Waals surface area contributed by atoms with E-state index >= 15 is 0 Å². The molecule has 0 spiro atoms.